The Bertz CT molecular complexity index is 596. The Kier molecular flexibility index (Phi) is 3.69. The third kappa shape index (κ3) is 2.03. The Morgan fingerprint density at radius 3 is 2.05 bits per heavy atom. The molecule has 0 spiro atoms. The topological polar surface area (TPSA) is 38.3 Å². The summed E-state index contributed by atoms with van der Waals surface area (Å²) in [6.07, 6.45) is 0. The zero-order valence-corrected chi connectivity index (χ0v) is 10.7. The molecule has 0 saturated heterocycles. The SMILES string of the molecule is CCOc1c(F)c(F)c(C2=C(C)C(=O)NC2)c(F)c1F. The molecule has 1 amide bonds. The van der Waals surface area contributed by atoms with Crippen molar-refractivity contribution in [2.45, 2.75) is 13.8 Å². The summed E-state index contributed by atoms with van der Waals surface area (Å²) in [5, 5.41) is 2.33. The molecular formula is C13H11F4NO2. The summed E-state index contributed by atoms with van der Waals surface area (Å²) in [4.78, 5) is 11.3. The van der Waals surface area contributed by atoms with Crippen molar-refractivity contribution in [2.24, 2.45) is 0 Å². The molecule has 1 aliphatic rings. The maximum atomic E-state index is 13.9. The van der Waals surface area contributed by atoms with Crippen molar-refractivity contribution in [1.82, 2.24) is 5.32 Å². The molecule has 0 atom stereocenters. The van der Waals surface area contributed by atoms with Gasteiger partial charge in [-0.3, -0.25) is 4.79 Å². The second-order valence-electron chi connectivity index (χ2n) is 4.18. The molecule has 0 radical (unpaired) electrons. The minimum Gasteiger partial charge on any atom is -0.488 e. The van der Waals surface area contributed by atoms with Crippen LogP contribution in [0.4, 0.5) is 17.6 Å². The van der Waals surface area contributed by atoms with E-state index in [1.54, 1.807) is 0 Å². The van der Waals surface area contributed by atoms with Crippen LogP contribution in [0.3, 0.4) is 0 Å². The van der Waals surface area contributed by atoms with Gasteiger partial charge in [-0.05, 0) is 19.4 Å². The molecule has 0 fully saturated rings. The fourth-order valence-corrected chi connectivity index (χ4v) is 1.99. The maximum absolute atomic E-state index is 13.9. The summed E-state index contributed by atoms with van der Waals surface area (Å²) in [7, 11) is 0. The number of rotatable bonds is 3. The average molecular weight is 289 g/mol. The lowest BCUT2D eigenvalue weighted by Crippen LogP contribution is -2.17. The van der Waals surface area contributed by atoms with Crippen molar-refractivity contribution < 1.29 is 27.1 Å². The zero-order chi connectivity index (χ0) is 15.0. The Labute approximate surface area is 112 Å². The molecule has 1 aromatic carbocycles. The molecule has 108 valence electrons. The van der Waals surface area contributed by atoms with Gasteiger partial charge in [-0.1, -0.05) is 0 Å². The molecule has 0 aliphatic carbocycles. The maximum Gasteiger partial charge on any atom is 0.247 e. The molecule has 0 aromatic heterocycles. The molecule has 1 aliphatic heterocycles. The van der Waals surface area contributed by atoms with Gasteiger partial charge in [0.05, 0.1) is 12.2 Å². The number of amides is 1. The molecular weight excluding hydrogens is 278 g/mol. The fraction of sp³-hybridized carbons (Fsp3) is 0.308. The number of halogens is 4. The lowest BCUT2D eigenvalue weighted by Gasteiger charge is -2.13. The summed E-state index contributed by atoms with van der Waals surface area (Å²) in [5.41, 5.74) is -0.962. The lowest BCUT2D eigenvalue weighted by molar-refractivity contribution is -0.116. The van der Waals surface area contributed by atoms with E-state index < -0.39 is 40.5 Å². The minimum absolute atomic E-state index is 0.0192. The van der Waals surface area contributed by atoms with E-state index in [4.69, 9.17) is 0 Å². The van der Waals surface area contributed by atoms with E-state index in [1.165, 1.54) is 13.8 Å². The van der Waals surface area contributed by atoms with Crippen LogP contribution in [0.5, 0.6) is 5.75 Å². The predicted octanol–water partition coefficient (Wildman–Crippen LogP) is 2.54. The normalized spacial score (nSPS) is 14.8. The molecule has 1 N–H and O–H groups in total. The van der Waals surface area contributed by atoms with Crippen LogP contribution in [-0.2, 0) is 4.79 Å². The van der Waals surface area contributed by atoms with E-state index in [1.807, 2.05) is 0 Å². The monoisotopic (exact) mass is 289 g/mol. The molecule has 3 nitrogen and oxygen atoms in total. The van der Waals surface area contributed by atoms with Crippen molar-refractivity contribution in [1.29, 1.82) is 0 Å². The van der Waals surface area contributed by atoms with Gasteiger partial charge < -0.3 is 10.1 Å². The number of hydrogen-bond acceptors (Lipinski definition) is 2. The standard InChI is InChI=1S/C13H11F4NO2/c1-3-20-12-10(16)8(14)7(9(15)11(12)17)6-4-18-13(19)5(6)2/h3-4H2,1-2H3,(H,18,19). The minimum atomic E-state index is -1.61. The third-order valence-corrected chi connectivity index (χ3v) is 3.03. The second kappa shape index (κ2) is 5.15. The average Bonchev–Trinajstić information content (AvgIpc) is 2.74. The van der Waals surface area contributed by atoms with Crippen LogP contribution in [0.25, 0.3) is 5.57 Å². The summed E-state index contributed by atoms with van der Waals surface area (Å²) in [5.74, 6) is -7.99. The molecule has 2 rings (SSSR count). The molecule has 20 heavy (non-hydrogen) atoms. The number of hydrogen-bond donors (Lipinski definition) is 1. The molecule has 1 aromatic rings. The summed E-state index contributed by atoms with van der Waals surface area (Å²) >= 11 is 0. The fourth-order valence-electron chi connectivity index (χ4n) is 1.99. The molecule has 0 bridgehead atoms. The van der Waals surface area contributed by atoms with E-state index in [-0.39, 0.29) is 24.3 Å². The van der Waals surface area contributed by atoms with Gasteiger partial charge in [0.15, 0.2) is 17.4 Å². The van der Waals surface area contributed by atoms with E-state index in [0.717, 1.165) is 0 Å². The van der Waals surface area contributed by atoms with Gasteiger partial charge in [0, 0.05) is 12.1 Å². The number of benzene rings is 1. The first kappa shape index (κ1) is 14.4. The third-order valence-electron chi connectivity index (χ3n) is 3.03. The van der Waals surface area contributed by atoms with Gasteiger partial charge >= 0.3 is 0 Å². The summed E-state index contributed by atoms with van der Waals surface area (Å²) in [6, 6.07) is 0. The van der Waals surface area contributed by atoms with Gasteiger partial charge in [-0.2, -0.15) is 8.78 Å². The first-order valence-electron chi connectivity index (χ1n) is 5.87. The summed E-state index contributed by atoms with van der Waals surface area (Å²) in [6.45, 7) is 2.41. The molecule has 1 heterocycles. The Morgan fingerprint density at radius 2 is 1.65 bits per heavy atom. The smallest absolute Gasteiger partial charge is 0.247 e. The highest BCUT2D eigenvalue weighted by atomic mass is 19.2. The highest BCUT2D eigenvalue weighted by Gasteiger charge is 2.32. The number of ether oxygens (including phenoxy) is 1. The second-order valence-corrected chi connectivity index (χ2v) is 4.18. The van der Waals surface area contributed by atoms with Crippen molar-refractivity contribution >= 4 is 11.5 Å². The highest BCUT2D eigenvalue weighted by Crippen LogP contribution is 2.35. The van der Waals surface area contributed by atoms with Crippen molar-refractivity contribution in [2.75, 3.05) is 13.2 Å². The predicted molar refractivity (Wildman–Crippen MR) is 63.0 cm³/mol. The Morgan fingerprint density at radius 1 is 1.10 bits per heavy atom. The van der Waals surface area contributed by atoms with Crippen LogP contribution in [-0.4, -0.2) is 19.1 Å². The quantitative estimate of drug-likeness (QED) is 0.686. The number of nitrogens with one attached hydrogen (secondary N) is 1. The van der Waals surface area contributed by atoms with Crippen LogP contribution in [0.15, 0.2) is 5.57 Å². The number of carbonyl (C=O) groups excluding carboxylic acids is 1. The first-order valence-corrected chi connectivity index (χ1v) is 5.87. The largest absolute Gasteiger partial charge is 0.488 e. The summed E-state index contributed by atoms with van der Waals surface area (Å²) < 4.78 is 59.9. The van der Waals surface area contributed by atoms with Crippen molar-refractivity contribution in [3.8, 4) is 5.75 Å². The van der Waals surface area contributed by atoms with Gasteiger partial charge in [0.2, 0.25) is 17.5 Å². The van der Waals surface area contributed by atoms with Gasteiger partial charge in [0.1, 0.15) is 0 Å². The van der Waals surface area contributed by atoms with Crippen molar-refractivity contribution in [3.63, 3.8) is 0 Å². The van der Waals surface area contributed by atoms with Gasteiger partial charge in [0.25, 0.3) is 0 Å². The lowest BCUT2D eigenvalue weighted by atomic mass is 10.0. The van der Waals surface area contributed by atoms with Crippen LogP contribution in [0, 0.1) is 23.3 Å². The van der Waals surface area contributed by atoms with E-state index >= 15 is 0 Å². The van der Waals surface area contributed by atoms with Gasteiger partial charge in [-0.15, -0.1) is 0 Å². The van der Waals surface area contributed by atoms with E-state index in [9.17, 15) is 22.4 Å². The van der Waals surface area contributed by atoms with Crippen molar-refractivity contribution in [3.05, 3.63) is 34.4 Å². The molecule has 0 unspecified atom stereocenters. The highest BCUT2D eigenvalue weighted by molar-refractivity contribution is 6.05. The Hall–Kier alpha value is -2.05. The molecule has 0 saturated carbocycles. The van der Waals surface area contributed by atoms with Gasteiger partial charge in [-0.25, -0.2) is 8.78 Å². The van der Waals surface area contributed by atoms with Crippen LogP contribution >= 0.6 is 0 Å². The zero-order valence-electron chi connectivity index (χ0n) is 10.7. The number of carbonyl (C=O) groups is 1. The molecule has 7 heteroatoms. The van der Waals surface area contributed by atoms with E-state index in [0.29, 0.717) is 0 Å². The Balaban J connectivity index is 2.71. The first-order chi connectivity index (χ1) is 9.40. The van der Waals surface area contributed by atoms with Crippen LogP contribution in [0.1, 0.15) is 19.4 Å². The van der Waals surface area contributed by atoms with E-state index in [2.05, 4.69) is 10.1 Å². The van der Waals surface area contributed by atoms with Crippen LogP contribution in [0.2, 0.25) is 0 Å². The van der Waals surface area contributed by atoms with Crippen LogP contribution < -0.4 is 10.1 Å².